The predicted octanol–water partition coefficient (Wildman–Crippen LogP) is 6.77. The first-order chi connectivity index (χ1) is 13.5. The van der Waals surface area contributed by atoms with Crippen molar-refractivity contribution >= 4 is 55.9 Å². The minimum atomic E-state index is -1.02. The zero-order valence-corrected chi connectivity index (χ0v) is 19.4. The Kier molecular flexibility index (Phi) is 7.57. The van der Waals surface area contributed by atoms with E-state index in [9.17, 15) is 4.55 Å². The van der Waals surface area contributed by atoms with Crippen molar-refractivity contribution in [3.05, 3.63) is 68.1 Å². The maximum Gasteiger partial charge on any atom is 0.186 e. The molecule has 0 bridgehead atoms. The molecule has 0 aliphatic heterocycles. The van der Waals surface area contributed by atoms with E-state index in [1.165, 1.54) is 17.3 Å². The molecule has 3 aromatic rings. The van der Waals surface area contributed by atoms with E-state index in [-0.39, 0.29) is 0 Å². The molecular weight excluding hydrogens is 456 g/mol. The standard InChI is InChI=1S/C22H23BrO3S2/c1-4-5-15-6-7-17(13-21(27-2)28(3)24)20(12-15)26-14-16-10-18-8-9-25-22(18)19(23)11-16/h6-13H,4-5,14H2,1-3H3/b21-13+. The van der Waals surface area contributed by atoms with Crippen LogP contribution >= 0.6 is 27.7 Å². The molecule has 0 aliphatic rings. The van der Waals surface area contributed by atoms with Gasteiger partial charge in [-0.05, 0) is 75.2 Å². The lowest BCUT2D eigenvalue weighted by atomic mass is 10.1. The largest absolute Gasteiger partial charge is 0.611 e. The van der Waals surface area contributed by atoms with Gasteiger partial charge in [0.05, 0.1) is 10.7 Å². The Morgan fingerprint density at radius 1 is 1.25 bits per heavy atom. The number of fused-ring (bicyclic) bond motifs is 1. The Bertz CT molecular complexity index is 979. The van der Waals surface area contributed by atoms with Crippen LogP contribution in [0.2, 0.25) is 0 Å². The van der Waals surface area contributed by atoms with Crippen LogP contribution in [0.5, 0.6) is 5.75 Å². The van der Waals surface area contributed by atoms with Crippen LogP contribution < -0.4 is 4.74 Å². The van der Waals surface area contributed by atoms with E-state index in [2.05, 4.69) is 47.1 Å². The van der Waals surface area contributed by atoms with Crippen molar-refractivity contribution in [1.82, 2.24) is 0 Å². The molecule has 1 unspecified atom stereocenters. The van der Waals surface area contributed by atoms with E-state index in [0.29, 0.717) is 6.61 Å². The molecule has 6 heteroatoms. The minimum Gasteiger partial charge on any atom is -0.611 e. The molecule has 0 radical (unpaired) electrons. The maximum atomic E-state index is 11.9. The normalized spacial score (nSPS) is 13.1. The Balaban J connectivity index is 1.90. The monoisotopic (exact) mass is 478 g/mol. The second-order valence-electron chi connectivity index (χ2n) is 6.45. The molecule has 0 amide bonds. The van der Waals surface area contributed by atoms with Gasteiger partial charge in [0, 0.05) is 17.0 Å². The SMILES string of the molecule is CCCc1ccc(/C=C(\SC)[S+](C)[O-])c(OCc2cc(Br)c3occc3c2)c1. The van der Waals surface area contributed by atoms with Gasteiger partial charge in [-0.15, -0.1) is 0 Å². The summed E-state index contributed by atoms with van der Waals surface area (Å²) in [6.45, 7) is 2.61. The summed E-state index contributed by atoms with van der Waals surface area (Å²) in [7, 11) is 0. The lowest BCUT2D eigenvalue weighted by Gasteiger charge is -2.13. The summed E-state index contributed by atoms with van der Waals surface area (Å²) in [4.78, 5) is 0. The molecule has 0 aliphatic carbocycles. The van der Waals surface area contributed by atoms with Gasteiger partial charge in [-0.1, -0.05) is 37.2 Å². The Morgan fingerprint density at radius 3 is 2.79 bits per heavy atom. The number of benzene rings is 2. The molecule has 1 atom stereocenters. The van der Waals surface area contributed by atoms with Crippen LogP contribution in [-0.2, 0) is 24.2 Å². The number of halogens is 1. The van der Waals surface area contributed by atoms with E-state index in [0.717, 1.165) is 49.4 Å². The van der Waals surface area contributed by atoms with Crippen LogP contribution in [-0.4, -0.2) is 17.1 Å². The Morgan fingerprint density at radius 2 is 2.07 bits per heavy atom. The van der Waals surface area contributed by atoms with Gasteiger partial charge in [-0.25, -0.2) is 0 Å². The van der Waals surface area contributed by atoms with Crippen LogP contribution in [0.25, 0.3) is 17.0 Å². The molecule has 0 N–H and O–H groups in total. The van der Waals surface area contributed by atoms with Crippen LogP contribution in [0, 0.1) is 0 Å². The predicted molar refractivity (Wildman–Crippen MR) is 124 cm³/mol. The summed E-state index contributed by atoms with van der Waals surface area (Å²) >= 11 is 4.04. The number of thioether (sulfide) groups is 1. The maximum absolute atomic E-state index is 11.9. The molecule has 0 fully saturated rings. The van der Waals surface area contributed by atoms with Crippen molar-refractivity contribution in [1.29, 1.82) is 0 Å². The third-order valence-electron chi connectivity index (χ3n) is 4.33. The lowest BCUT2D eigenvalue weighted by molar-refractivity contribution is 0.305. The fraction of sp³-hybridized carbons (Fsp3) is 0.273. The first-order valence-electron chi connectivity index (χ1n) is 9.02. The van der Waals surface area contributed by atoms with Gasteiger partial charge >= 0.3 is 0 Å². The average molecular weight is 479 g/mol. The molecule has 28 heavy (non-hydrogen) atoms. The molecule has 0 saturated heterocycles. The van der Waals surface area contributed by atoms with Gasteiger partial charge in [0.2, 0.25) is 0 Å². The summed E-state index contributed by atoms with van der Waals surface area (Å²) < 4.78 is 25.4. The molecule has 148 valence electrons. The van der Waals surface area contributed by atoms with E-state index in [4.69, 9.17) is 9.15 Å². The topological polar surface area (TPSA) is 45.4 Å². The van der Waals surface area contributed by atoms with E-state index in [1.54, 1.807) is 12.5 Å². The van der Waals surface area contributed by atoms with Gasteiger partial charge in [0.15, 0.2) is 4.24 Å². The highest BCUT2D eigenvalue weighted by atomic mass is 79.9. The summed E-state index contributed by atoms with van der Waals surface area (Å²) in [5.74, 6) is 0.811. The number of ether oxygens (including phenoxy) is 1. The van der Waals surface area contributed by atoms with Crippen LogP contribution in [0.3, 0.4) is 0 Å². The minimum absolute atomic E-state index is 0.444. The lowest BCUT2D eigenvalue weighted by Crippen LogP contribution is -2.00. The third-order valence-corrected chi connectivity index (χ3v) is 7.33. The van der Waals surface area contributed by atoms with E-state index in [1.807, 2.05) is 24.5 Å². The first kappa shape index (κ1) is 21.4. The van der Waals surface area contributed by atoms with Crippen LogP contribution in [0.1, 0.15) is 30.0 Å². The Labute approximate surface area is 181 Å². The second kappa shape index (κ2) is 9.92. The van der Waals surface area contributed by atoms with Crippen molar-refractivity contribution in [2.45, 2.75) is 26.4 Å². The Hall–Kier alpha value is -1.34. The summed E-state index contributed by atoms with van der Waals surface area (Å²) in [6.07, 6.45) is 9.37. The molecule has 1 aromatic heterocycles. The highest BCUT2D eigenvalue weighted by Gasteiger charge is 2.12. The van der Waals surface area contributed by atoms with Crippen molar-refractivity contribution in [3.8, 4) is 5.75 Å². The fourth-order valence-electron chi connectivity index (χ4n) is 2.99. The third kappa shape index (κ3) is 5.17. The summed E-state index contributed by atoms with van der Waals surface area (Å²) in [5.41, 5.74) is 4.08. The highest BCUT2D eigenvalue weighted by Crippen LogP contribution is 2.31. The number of hydrogen-bond acceptors (Lipinski definition) is 4. The molecule has 1 heterocycles. The van der Waals surface area contributed by atoms with Gasteiger partial charge in [-0.2, -0.15) is 0 Å². The van der Waals surface area contributed by atoms with E-state index >= 15 is 0 Å². The smallest absolute Gasteiger partial charge is 0.186 e. The molecular formula is C22H23BrO3S2. The van der Waals surface area contributed by atoms with Gasteiger partial charge in [-0.3, -0.25) is 0 Å². The van der Waals surface area contributed by atoms with Crippen LogP contribution in [0.15, 0.2) is 55.8 Å². The van der Waals surface area contributed by atoms with Gasteiger partial charge < -0.3 is 13.7 Å². The van der Waals surface area contributed by atoms with Crippen molar-refractivity contribution < 1.29 is 13.7 Å². The molecule has 2 aromatic carbocycles. The van der Waals surface area contributed by atoms with Crippen molar-refractivity contribution in [3.63, 3.8) is 0 Å². The summed E-state index contributed by atoms with van der Waals surface area (Å²) in [5, 5.41) is 1.04. The summed E-state index contributed by atoms with van der Waals surface area (Å²) in [6, 6.07) is 12.3. The molecule has 0 spiro atoms. The quantitative estimate of drug-likeness (QED) is 0.335. The van der Waals surface area contributed by atoms with Crippen molar-refractivity contribution in [2.75, 3.05) is 12.5 Å². The average Bonchev–Trinajstić information content (AvgIpc) is 3.14. The fourth-order valence-corrected chi connectivity index (χ4v) is 5.09. The van der Waals surface area contributed by atoms with E-state index < -0.39 is 11.2 Å². The number of furan rings is 1. The van der Waals surface area contributed by atoms with Crippen molar-refractivity contribution in [2.24, 2.45) is 0 Å². The molecule has 0 saturated carbocycles. The number of aryl methyl sites for hydroxylation is 1. The molecule has 3 nitrogen and oxygen atoms in total. The van der Waals surface area contributed by atoms with Gasteiger partial charge in [0.25, 0.3) is 0 Å². The number of rotatable bonds is 8. The second-order valence-corrected chi connectivity index (χ2v) is 9.76. The zero-order valence-electron chi connectivity index (χ0n) is 16.2. The zero-order chi connectivity index (χ0) is 20.1. The molecule has 3 rings (SSSR count). The highest BCUT2D eigenvalue weighted by molar-refractivity contribution is 9.10. The first-order valence-corrected chi connectivity index (χ1v) is 12.6. The van der Waals surface area contributed by atoms with Gasteiger partial charge in [0.1, 0.15) is 24.2 Å². The number of hydrogen-bond donors (Lipinski definition) is 0. The van der Waals surface area contributed by atoms with Crippen LogP contribution in [0.4, 0.5) is 0 Å².